The lowest BCUT2D eigenvalue weighted by atomic mass is 9.64. The van der Waals surface area contributed by atoms with Gasteiger partial charge in [0.15, 0.2) is 0 Å². The molecule has 4 heteroatoms. The van der Waals surface area contributed by atoms with Gasteiger partial charge in [0.1, 0.15) is 7.28 Å². The van der Waals surface area contributed by atoms with Gasteiger partial charge in [0.25, 0.3) is 0 Å². The van der Waals surface area contributed by atoms with Crippen molar-refractivity contribution in [1.29, 1.82) is 5.53 Å². The van der Waals surface area contributed by atoms with Crippen LogP contribution in [0.5, 0.6) is 0 Å². The van der Waals surface area contributed by atoms with Gasteiger partial charge in [0.05, 0.1) is 0 Å². The molecule has 1 radical (unpaired) electrons. The van der Waals surface area contributed by atoms with Gasteiger partial charge in [-0.25, -0.2) is 0 Å². The first-order valence-corrected chi connectivity index (χ1v) is 4.37. The van der Waals surface area contributed by atoms with Gasteiger partial charge >= 0.3 is 0 Å². The van der Waals surface area contributed by atoms with Crippen molar-refractivity contribution in [1.82, 2.24) is 0 Å². The molecule has 0 unspecified atom stereocenters. The van der Waals surface area contributed by atoms with Gasteiger partial charge in [0.2, 0.25) is 0 Å². The van der Waals surface area contributed by atoms with E-state index in [0.29, 0.717) is 0 Å². The molecule has 12 heavy (non-hydrogen) atoms. The quantitative estimate of drug-likeness (QED) is 0.288. The molecule has 0 aliphatic carbocycles. The Kier molecular flexibility index (Phi) is 12.0. The van der Waals surface area contributed by atoms with E-state index in [1.165, 1.54) is 12.6 Å². The van der Waals surface area contributed by atoms with Crippen LogP contribution in [0.3, 0.4) is 0 Å². The molecule has 0 saturated heterocycles. The summed E-state index contributed by atoms with van der Waals surface area (Å²) >= 11 is 0. The van der Waals surface area contributed by atoms with Crippen LogP contribution in [0.15, 0.2) is 0 Å². The molecule has 0 saturated carbocycles. The van der Waals surface area contributed by atoms with Crippen LogP contribution < -0.4 is 0 Å². The van der Waals surface area contributed by atoms with Crippen LogP contribution in [0, 0.1) is 17.4 Å². The number of hydrogen-bond donors (Lipinski definition) is 1. The van der Waals surface area contributed by atoms with E-state index in [1.807, 2.05) is 0 Å². The van der Waals surface area contributed by atoms with Crippen LogP contribution in [0.25, 0.3) is 10.4 Å². The molecule has 0 aromatic carbocycles. The average molecular weight is 168 g/mol. The molecule has 0 aromatic heterocycles. The second-order valence-electron chi connectivity index (χ2n) is 3.65. The predicted molar refractivity (Wildman–Crippen MR) is 54.5 cm³/mol. The molecule has 0 aromatic rings. The van der Waals surface area contributed by atoms with E-state index in [2.05, 4.69) is 35.0 Å². The predicted octanol–water partition coefficient (Wildman–Crippen LogP) is 3.71. The van der Waals surface area contributed by atoms with Crippen molar-refractivity contribution in [2.45, 2.75) is 40.3 Å². The van der Waals surface area contributed by atoms with Gasteiger partial charge in [-0.15, -0.1) is 5.53 Å². The number of hydrogen-bond acceptors (Lipinski definition) is 1. The Balaban J connectivity index is 0. The largest absolute Gasteiger partial charge is 0.110 e. The maximum Gasteiger partial charge on any atom is 0.110 e. The normalized spacial score (nSPS) is 8.83. The Hall–Kier alpha value is -0.625. The third-order valence-electron chi connectivity index (χ3n) is 1.28. The zero-order chi connectivity index (χ0) is 9.98. The van der Waals surface area contributed by atoms with Crippen molar-refractivity contribution in [2.24, 2.45) is 11.8 Å². The summed E-state index contributed by atoms with van der Waals surface area (Å²) in [5, 5.41) is 0. The van der Waals surface area contributed by atoms with E-state index < -0.39 is 0 Å². The molecule has 0 aliphatic rings. The molecule has 3 nitrogen and oxygen atoms in total. The third kappa shape index (κ3) is 22.8. The number of rotatable bonds is 4. The summed E-state index contributed by atoms with van der Waals surface area (Å²) in [6.45, 7) is 9.04. The first-order valence-electron chi connectivity index (χ1n) is 4.37. The molecule has 69 valence electrons. The minimum Gasteiger partial charge on any atom is -0.108 e. The SMILES string of the molecule is CC(C)C[B]CC(C)C.[N-]=[N+]=N. The van der Waals surface area contributed by atoms with E-state index in [4.69, 9.17) is 11.1 Å². The first-order chi connectivity index (χ1) is 5.54. The maximum atomic E-state index is 6.86. The van der Waals surface area contributed by atoms with Gasteiger partial charge in [-0.3, -0.25) is 0 Å². The molecule has 0 spiro atoms. The highest BCUT2D eigenvalue weighted by atomic mass is 15.0. The van der Waals surface area contributed by atoms with Gasteiger partial charge in [-0.05, 0) is 10.4 Å². The molecule has 0 amide bonds. The molecular formula is C8H19BN3. The lowest BCUT2D eigenvalue weighted by molar-refractivity contribution is 0.700. The van der Waals surface area contributed by atoms with E-state index in [-0.39, 0.29) is 0 Å². The molecule has 0 heterocycles. The van der Waals surface area contributed by atoms with Gasteiger partial charge < -0.3 is 0 Å². The smallest absolute Gasteiger partial charge is 0.108 e. The van der Waals surface area contributed by atoms with Gasteiger partial charge in [-0.1, -0.05) is 52.2 Å². The Labute approximate surface area is 76.2 Å². The highest BCUT2D eigenvalue weighted by molar-refractivity contribution is 6.35. The van der Waals surface area contributed by atoms with E-state index in [9.17, 15) is 0 Å². The topological polar surface area (TPSA) is 60.3 Å². The van der Waals surface area contributed by atoms with Crippen LogP contribution in [-0.2, 0) is 0 Å². The summed E-state index contributed by atoms with van der Waals surface area (Å²) in [4.78, 5) is 1.75. The van der Waals surface area contributed by atoms with Crippen LogP contribution >= 0.6 is 0 Å². The fourth-order valence-corrected chi connectivity index (χ4v) is 0.763. The summed E-state index contributed by atoms with van der Waals surface area (Å²) in [7, 11) is 2.40. The summed E-state index contributed by atoms with van der Waals surface area (Å²) in [5.41, 5.74) is 12.2. The fourth-order valence-electron chi connectivity index (χ4n) is 0.763. The molecule has 0 bridgehead atoms. The minimum absolute atomic E-state index is 0.837. The molecule has 1 N–H and O–H groups in total. The number of nitrogens with one attached hydrogen (secondary N) is 1. The van der Waals surface area contributed by atoms with Crippen LogP contribution in [-0.4, -0.2) is 7.28 Å². The Morgan fingerprint density at radius 3 is 1.58 bits per heavy atom. The Morgan fingerprint density at radius 1 is 1.17 bits per heavy atom. The first kappa shape index (κ1) is 13.9. The van der Waals surface area contributed by atoms with E-state index >= 15 is 0 Å². The van der Waals surface area contributed by atoms with Crippen molar-refractivity contribution in [3.63, 3.8) is 0 Å². The average Bonchev–Trinajstić information content (AvgIpc) is 1.87. The monoisotopic (exact) mass is 168 g/mol. The zero-order valence-corrected chi connectivity index (χ0v) is 8.54. The van der Waals surface area contributed by atoms with Crippen molar-refractivity contribution in [3.8, 4) is 0 Å². The Bertz CT molecular complexity index is 109. The lowest BCUT2D eigenvalue weighted by Crippen LogP contribution is -1.99. The summed E-state index contributed by atoms with van der Waals surface area (Å²) in [6.07, 6.45) is 2.55. The van der Waals surface area contributed by atoms with Crippen molar-refractivity contribution in [3.05, 3.63) is 10.4 Å². The third-order valence-corrected chi connectivity index (χ3v) is 1.28. The second-order valence-corrected chi connectivity index (χ2v) is 3.65. The second kappa shape index (κ2) is 10.4. The molecular weight excluding hydrogens is 149 g/mol. The summed E-state index contributed by atoms with van der Waals surface area (Å²) in [6, 6.07) is 0. The molecule has 0 aliphatic heterocycles. The standard InChI is InChI=1S/C8H18B.HN3/c1-7(2)5-9-6-8(3)4;1-3-2/h7-8H,5-6H2,1-4H3;1H. The minimum atomic E-state index is 0.837. The van der Waals surface area contributed by atoms with Crippen molar-refractivity contribution in [2.75, 3.05) is 0 Å². The van der Waals surface area contributed by atoms with E-state index in [1.54, 1.807) is 4.91 Å². The number of nitrogens with zero attached hydrogens (tertiary/aromatic N) is 2. The summed E-state index contributed by atoms with van der Waals surface area (Å²) in [5.74, 6) is 1.67. The maximum absolute atomic E-state index is 6.86. The summed E-state index contributed by atoms with van der Waals surface area (Å²) < 4.78 is 0. The van der Waals surface area contributed by atoms with Gasteiger partial charge in [-0.2, -0.15) is 0 Å². The lowest BCUT2D eigenvalue weighted by Gasteiger charge is -2.04. The van der Waals surface area contributed by atoms with Gasteiger partial charge in [0, 0.05) is 0 Å². The van der Waals surface area contributed by atoms with Crippen LogP contribution in [0.4, 0.5) is 0 Å². The van der Waals surface area contributed by atoms with Crippen LogP contribution in [0.2, 0.25) is 12.6 Å². The molecule has 0 atom stereocenters. The highest BCUT2D eigenvalue weighted by Gasteiger charge is 1.97. The molecule has 0 fully saturated rings. The highest BCUT2D eigenvalue weighted by Crippen LogP contribution is 2.05. The Morgan fingerprint density at radius 2 is 1.42 bits per heavy atom. The van der Waals surface area contributed by atoms with Crippen molar-refractivity contribution >= 4 is 7.28 Å². The fraction of sp³-hybridized carbons (Fsp3) is 1.00. The molecule has 0 rings (SSSR count). The van der Waals surface area contributed by atoms with Crippen LogP contribution in [0.1, 0.15) is 27.7 Å². The van der Waals surface area contributed by atoms with E-state index in [0.717, 1.165) is 11.8 Å². The zero-order valence-electron chi connectivity index (χ0n) is 8.54. The van der Waals surface area contributed by atoms with Crippen molar-refractivity contribution < 1.29 is 0 Å².